The Hall–Kier alpha value is -2.43. The van der Waals surface area contributed by atoms with Crippen molar-refractivity contribution in [2.24, 2.45) is 0 Å². The molecule has 0 bridgehead atoms. The Morgan fingerprint density at radius 2 is 1.64 bits per heavy atom. The summed E-state index contributed by atoms with van der Waals surface area (Å²) in [4.78, 5) is 18.1. The van der Waals surface area contributed by atoms with Crippen LogP contribution < -0.4 is 0 Å². The molecule has 22 heavy (non-hydrogen) atoms. The van der Waals surface area contributed by atoms with E-state index in [0.717, 1.165) is 10.6 Å². The first-order valence-electron chi connectivity index (χ1n) is 7.20. The average molecular weight is 295 g/mol. The van der Waals surface area contributed by atoms with Gasteiger partial charge in [0.25, 0.3) is 5.91 Å². The predicted octanol–water partition coefficient (Wildman–Crippen LogP) is 2.71. The second kappa shape index (κ2) is 5.75. The lowest BCUT2D eigenvalue weighted by Crippen LogP contribution is -2.44. The predicted molar refractivity (Wildman–Crippen MR) is 83.2 cm³/mol. The molecule has 0 aliphatic carbocycles. The molecule has 0 aromatic heterocycles. The Morgan fingerprint density at radius 1 is 1.05 bits per heavy atom. The Bertz CT molecular complexity index is 697. The first kappa shape index (κ1) is 14.5. The van der Waals surface area contributed by atoms with E-state index < -0.39 is 5.72 Å². The quantitative estimate of drug-likeness (QED) is 0.943. The largest absolute Gasteiger partial charge is 0.362 e. The molecule has 0 fully saturated rings. The van der Waals surface area contributed by atoms with Crippen molar-refractivity contribution in [2.45, 2.75) is 12.6 Å². The minimum absolute atomic E-state index is 0.288. The number of rotatable bonds is 4. The van der Waals surface area contributed by atoms with Crippen LogP contribution in [-0.2, 0) is 15.4 Å². The normalized spacial score (nSPS) is 21.1. The van der Waals surface area contributed by atoms with E-state index in [0.29, 0.717) is 11.1 Å². The second-order valence-electron chi connectivity index (χ2n) is 5.03. The molecule has 1 unspecified atom stereocenters. The van der Waals surface area contributed by atoms with Gasteiger partial charge >= 0.3 is 0 Å². The molecule has 1 N–H and O–H groups in total. The third-order valence-corrected chi connectivity index (χ3v) is 3.61. The van der Waals surface area contributed by atoms with E-state index in [9.17, 15) is 9.90 Å². The molecule has 0 saturated heterocycles. The molecule has 1 amide bonds. The standard InChI is InChI=1S/C18H17NO3/c1-2-22-19-17(20)16(14-9-5-3-6-10-14)13-18(19,21)15-11-7-4-8-12-15/h3-13,21H,2H2,1H3. The molecule has 4 heteroatoms. The third kappa shape index (κ3) is 2.32. The number of amides is 1. The lowest BCUT2D eigenvalue weighted by molar-refractivity contribution is -0.254. The SMILES string of the molecule is CCON1C(=O)C(c2ccccc2)=CC1(O)c1ccccc1. The number of benzene rings is 2. The molecule has 1 heterocycles. The Morgan fingerprint density at radius 3 is 2.23 bits per heavy atom. The van der Waals surface area contributed by atoms with Crippen LogP contribution in [0.15, 0.2) is 66.7 Å². The monoisotopic (exact) mass is 295 g/mol. The smallest absolute Gasteiger partial charge is 0.281 e. The Balaban J connectivity index is 2.10. The number of carbonyl (C=O) groups is 1. The van der Waals surface area contributed by atoms with Crippen LogP contribution in [0.4, 0.5) is 0 Å². The van der Waals surface area contributed by atoms with Crippen LogP contribution in [0.25, 0.3) is 5.57 Å². The van der Waals surface area contributed by atoms with Gasteiger partial charge in [-0.15, -0.1) is 0 Å². The number of hydroxylamine groups is 2. The maximum atomic E-state index is 12.7. The lowest BCUT2D eigenvalue weighted by Gasteiger charge is -2.31. The summed E-state index contributed by atoms with van der Waals surface area (Å²) >= 11 is 0. The summed E-state index contributed by atoms with van der Waals surface area (Å²) in [5.74, 6) is -0.348. The van der Waals surface area contributed by atoms with Crippen molar-refractivity contribution < 1.29 is 14.7 Å². The van der Waals surface area contributed by atoms with Gasteiger partial charge in [0.15, 0.2) is 0 Å². The molecule has 1 aliphatic rings. The maximum absolute atomic E-state index is 12.7. The summed E-state index contributed by atoms with van der Waals surface area (Å²) in [5.41, 5.74) is 0.173. The third-order valence-electron chi connectivity index (χ3n) is 3.61. The summed E-state index contributed by atoms with van der Waals surface area (Å²) in [6.45, 7) is 2.07. The van der Waals surface area contributed by atoms with E-state index in [1.54, 1.807) is 25.1 Å². The van der Waals surface area contributed by atoms with E-state index in [-0.39, 0.29) is 12.5 Å². The molecule has 0 radical (unpaired) electrons. The molecule has 1 atom stereocenters. The molecule has 1 aliphatic heterocycles. The zero-order chi connectivity index (χ0) is 15.6. The fourth-order valence-electron chi connectivity index (χ4n) is 2.58. The Kier molecular flexibility index (Phi) is 3.79. The summed E-state index contributed by atoms with van der Waals surface area (Å²) in [6.07, 6.45) is 1.55. The van der Waals surface area contributed by atoms with Gasteiger partial charge in [0, 0.05) is 5.56 Å². The van der Waals surface area contributed by atoms with Crippen LogP contribution in [0.1, 0.15) is 18.1 Å². The summed E-state index contributed by atoms with van der Waals surface area (Å²) in [6, 6.07) is 18.3. The van der Waals surface area contributed by atoms with Crippen LogP contribution in [-0.4, -0.2) is 22.7 Å². The van der Waals surface area contributed by atoms with Gasteiger partial charge in [-0.05, 0) is 18.6 Å². The summed E-state index contributed by atoms with van der Waals surface area (Å²) < 4.78 is 0. The fraction of sp³-hybridized carbons (Fsp3) is 0.167. The van der Waals surface area contributed by atoms with Crippen LogP contribution in [0.3, 0.4) is 0 Å². The molecule has 0 spiro atoms. The van der Waals surface area contributed by atoms with Crippen molar-refractivity contribution in [3.8, 4) is 0 Å². The first-order valence-corrected chi connectivity index (χ1v) is 7.20. The number of hydrogen-bond donors (Lipinski definition) is 1. The molecule has 2 aromatic rings. The van der Waals surface area contributed by atoms with Gasteiger partial charge in [-0.2, -0.15) is 5.06 Å². The van der Waals surface area contributed by atoms with Crippen molar-refractivity contribution in [3.05, 3.63) is 77.9 Å². The fourth-order valence-corrected chi connectivity index (χ4v) is 2.58. The highest BCUT2D eigenvalue weighted by Crippen LogP contribution is 2.39. The van der Waals surface area contributed by atoms with Gasteiger partial charge in [0.05, 0.1) is 12.2 Å². The van der Waals surface area contributed by atoms with E-state index in [2.05, 4.69) is 0 Å². The van der Waals surface area contributed by atoms with Crippen molar-refractivity contribution in [2.75, 3.05) is 6.61 Å². The first-order chi connectivity index (χ1) is 10.7. The van der Waals surface area contributed by atoms with Crippen molar-refractivity contribution in [1.82, 2.24) is 5.06 Å². The Labute approximate surface area is 129 Å². The van der Waals surface area contributed by atoms with Crippen LogP contribution in [0.2, 0.25) is 0 Å². The molecule has 0 saturated carbocycles. The van der Waals surface area contributed by atoms with E-state index >= 15 is 0 Å². The van der Waals surface area contributed by atoms with Crippen molar-refractivity contribution in [3.63, 3.8) is 0 Å². The minimum Gasteiger partial charge on any atom is -0.362 e. The van der Waals surface area contributed by atoms with Crippen LogP contribution in [0, 0.1) is 0 Å². The molecule has 112 valence electrons. The van der Waals surface area contributed by atoms with Gasteiger partial charge < -0.3 is 5.11 Å². The van der Waals surface area contributed by atoms with Gasteiger partial charge in [-0.1, -0.05) is 60.7 Å². The number of carbonyl (C=O) groups excluding carboxylic acids is 1. The minimum atomic E-state index is -1.60. The lowest BCUT2D eigenvalue weighted by atomic mass is 10.0. The molecular formula is C18H17NO3. The molecular weight excluding hydrogens is 278 g/mol. The highest BCUT2D eigenvalue weighted by atomic mass is 16.7. The van der Waals surface area contributed by atoms with Gasteiger partial charge in [-0.3, -0.25) is 9.63 Å². The van der Waals surface area contributed by atoms with Crippen LogP contribution >= 0.6 is 0 Å². The topological polar surface area (TPSA) is 49.8 Å². The van der Waals surface area contributed by atoms with E-state index in [1.165, 1.54) is 0 Å². The average Bonchev–Trinajstić information content (AvgIpc) is 2.83. The zero-order valence-corrected chi connectivity index (χ0v) is 12.3. The highest BCUT2D eigenvalue weighted by Gasteiger charge is 2.46. The second-order valence-corrected chi connectivity index (χ2v) is 5.03. The number of aliphatic hydroxyl groups is 1. The maximum Gasteiger partial charge on any atom is 0.281 e. The molecule has 2 aromatic carbocycles. The molecule has 4 nitrogen and oxygen atoms in total. The van der Waals surface area contributed by atoms with Crippen molar-refractivity contribution >= 4 is 11.5 Å². The van der Waals surface area contributed by atoms with Crippen molar-refractivity contribution in [1.29, 1.82) is 0 Å². The zero-order valence-electron chi connectivity index (χ0n) is 12.3. The van der Waals surface area contributed by atoms with E-state index in [4.69, 9.17) is 4.84 Å². The van der Waals surface area contributed by atoms with Gasteiger partial charge in [0.1, 0.15) is 0 Å². The molecule has 3 rings (SSSR count). The number of hydrogen-bond acceptors (Lipinski definition) is 3. The van der Waals surface area contributed by atoms with E-state index in [1.807, 2.05) is 48.5 Å². The number of nitrogens with zero attached hydrogens (tertiary/aromatic N) is 1. The summed E-state index contributed by atoms with van der Waals surface area (Å²) in [5, 5.41) is 12.1. The van der Waals surface area contributed by atoms with Gasteiger partial charge in [-0.25, -0.2) is 0 Å². The van der Waals surface area contributed by atoms with Crippen LogP contribution in [0.5, 0.6) is 0 Å². The highest BCUT2D eigenvalue weighted by molar-refractivity contribution is 6.21. The van der Waals surface area contributed by atoms with Gasteiger partial charge in [0.2, 0.25) is 5.72 Å². The summed E-state index contributed by atoms with van der Waals surface area (Å²) in [7, 11) is 0.